The Morgan fingerprint density at radius 2 is 1.92 bits per heavy atom. The predicted octanol–water partition coefficient (Wildman–Crippen LogP) is 6.70. The van der Waals surface area contributed by atoms with Gasteiger partial charge in [0.2, 0.25) is 0 Å². The first-order chi connectivity index (χ1) is 17.6. The number of nitrogens with one attached hydrogen (secondary N) is 1. The first-order valence-corrected chi connectivity index (χ1v) is 13.7. The number of Topliss-reactive ketones (excluding diaryl/α,β-unsaturated/α-hetero) is 1. The molecule has 1 aliphatic heterocycles. The number of dihydropyridines is 1. The molecule has 1 aliphatic carbocycles. The minimum Gasteiger partial charge on any atom is -0.490 e. The molecule has 1 atom stereocenters. The summed E-state index contributed by atoms with van der Waals surface area (Å²) in [7, 11) is 1.36. The number of esters is 1. The lowest BCUT2D eigenvalue weighted by molar-refractivity contribution is -0.136. The van der Waals surface area contributed by atoms with Gasteiger partial charge in [0.1, 0.15) is 6.61 Å². The van der Waals surface area contributed by atoms with E-state index in [-0.39, 0.29) is 17.8 Å². The molecule has 0 radical (unpaired) electrons. The maximum atomic E-state index is 13.5. The fourth-order valence-electron chi connectivity index (χ4n) is 5.07. The Morgan fingerprint density at radius 3 is 2.59 bits per heavy atom. The Kier molecular flexibility index (Phi) is 8.23. The standard InChI is InChI=1S/C29H31ClINO5/c1-6-36-23-12-18(11-20(31)27(23)37-15-17-9-7-8-10-19(17)30)25-24(28(34)35-5)16(2)32-21-13-29(3,4)14-22(33)26(21)25/h7-12,25,32H,6,13-15H2,1-5H3. The van der Waals surface area contributed by atoms with Crippen LogP contribution in [0.3, 0.4) is 0 Å². The highest BCUT2D eigenvalue weighted by Crippen LogP contribution is 2.48. The van der Waals surface area contributed by atoms with Crippen LogP contribution >= 0.6 is 34.2 Å². The van der Waals surface area contributed by atoms with Gasteiger partial charge in [0, 0.05) is 39.9 Å². The van der Waals surface area contributed by atoms with E-state index in [1.54, 1.807) is 0 Å². The van der Waals surface area contributed by atoms with Crippen molar-refractivity contribution >= 4 is 45.9 Å². The van der Waals surface area contributed by atoms with E-state index < -0.39 is 11.9 Å². The maximum Gasteiger partial charge on any atom is 0.336 e. The number of benzene rings is 2. The van der Waals surface area contributed by atoms with Gasteiger partial charge >= 0.3 is 5.97 Å². The molecule has 2 aliphatic rings. The highest BCUT2D eigenvalue weighted by atomic mass is 127. The van der Waals surface area contributed by atoms with Crippen molar-refractivity contribution in [1.82, 2.24) is 5.32 Å². The fourth-order valence-corrected chi connectivity index (χ4v) is 6.04. The average Bonchev–Trinajstić information content (AvgIpc) is 2.82. The first-order valence-electron chi connectivity index (χ1n) is 12.2. The van der Waals surface area contributed by atoms with Crippen LogP contribution in [0, 0.1) is 8.99 Å². The summed E-state index contributed by atoms with van der Waals surface area (Å²) in [5, 5.41) is 3.97. The topological polar surface area (TPSA) is 73.9 Å². The van der Waals surface area contributed by atoms with E-state index >= 15 is 0 Å². The Morgan fingerprint density at radius 1 is 1.19 bits per heavy atom. The number of rotatable bonds is 7. The number of carbonyl (C=O) groups is 2. The van der Waals surface area contributed by atoms with Gasteiger partial charge in [-0.2, -0.15) is 0 Å². The molecule has 0 spiro atoms. The number of methoxy groups -OCH3 is 1. The van der Waals surface area contributed by atoms with E-state index in [9.17, 15) is 9.59 Å². The van der Waals surface area contributed by atoms with Crippen LogP contribution in [0.1, 0.15) is 57.6 Å². The van der Waals surface area contributed by atoms with Crippen LogP contribution in [0.5, 0.6) is 11.5 Å². The summed E-state index contributed by atoms with van der Waals surface area (Å²) in [4.78, 5) is 26.5. The number of allylic oxidation sites excluding steroid dienone is 3. The van der Waals surface area contributed by atoms with Crippen molar-refractivity contribution in [2.45, 2.75) is 53.1 Å². The fraction of sp³-hybridized carbons (Fsp3) is 0.379. The van der Waals surface area contributed by atoms with Crippen molar-refractivity contribution in [2.75, 3.05) is 13.7 Å². The van der Waals surface area contributed by atoms with E-state index in [4.69, 9.17) is 25.8 Å². The van der Waals surface area contributed by atoms with Gasteiger partial charge in [-0.05, 0) is 72.0 Å². The summed E-state index contributed by atoms with van der Waals surface area (Å²) in [5.41, 5.74) is 4.07. The normalized spacial score (nSPS) is 18.8. The number of hydrogen-bond acceptors (Lipinski definition) is 6. The van der Waals surface area contributed by atoms with Gasteiger partial charge in [0.15, 0.2) is 17.3 Å². The molecule has 0 amide bonds. The molecule has 1 N–H and O–H groups in total. The number of halogens is 2. The van der Waals surface area contributed by atoms with Crippen molar-refractivity contribution in [3.8, 4) is 11.5 Å². The smallest absolute Gasteiger partial charge is 0.336 e. The van der Waals surface area contributed by atoms with Crippen LogP contribution in [0.25, 0.3) is 0 Å². The van der Waals surface area contributed by atoms with E-state index in [0.29, 0.717) is 52.8 Å². The van der Waals surface area contributed by atoms with Gasteiger partial charge in [0.05, 0.1) is 22.9 Å². The van der Waals surface area contributed by atoms with Gasteiger partial charge in [0.25, 0.3) is 0 Å². The molecule has 0 saturated carbocycles. The molecule has 8 heteroatoms. The molecule has 37 heavy (non-hydrogen) atoms. The summed E-state index contributed by atoms with van der Waals surface area (Å²) in [5.74, 6) is 0.127. The molecule has 2 aromatic carbocycles. The monoisotopic (exact) mass is 635 g/mol. The van der Waals surface area contributed by atoms with Crippen LogP contribution in [0.2, 0.25) is 5.02 Å². The molecule has 0 fully saturated rings. The third-order valence-electron chi connectivity index (χ3n) is 6.64. The highest BCUT2D eigenvalue weighted by Gasteiger charge is 2.43. The molecule has 1 unspecified atom stereocenters. The van der Waals surface area contributed by atoms with Crippen LogP contribution in [0.4, 0.5) is 0 Å². The minimum absolute atomic E-state index is 0.0321. The summed E-state index contributed by atoms with van der Waals surface area (Å²) < 4.78 is 18.2. The summed E-state index contributed by atoms with van der Waals surface area (Å²) in [6.07, 6.45) is 1.12. The Bertz CT molecular complexity index is 1310. The van der Waals surface area contributed by atoms with Gasteiger partial charge in [-0.1, -0.05) is 43.6 Å². The van der Waals surface area contributed by atoms with Crippen molar-refractivity contribution in [1.29, 1.82) is 0 Å². The Labute approximate surface area is 236 Å². The molecule has 2 aromatic rings. The number of ketones is 1. The van der Waals surface area contributed by atoms with Crippen molar-refractivity contribution < 1.29 is 23.8 Å². The van der Waals surface area contributed by atoms with Crippen LogP contribution in [0.15, 0.2) is 58.9 Å². The third-order valence-corrected chi connectivity index (χ3v) is 7.81. The molecule has 196 valence electrons. The molecule has 0 bridgehead atoms. The van der Waals surface area contributed by atoms with Crippen LogP contribution in [-0.2, 0) is 20.9 Å². The second-order valence-electron chi connectivity index (χ2n) is 10.1. The summed E-state index contributed by atoms with van der Waals surface area (Å²) >= 11 is 8.53. The van der Waals surface area contributed by atoms with Gasteiger partial charge in [-0.25, -0.2) is 4.79 Å². The van der Waals surface area contributed by atoms with E-state index in [2.05, 4.69) is 41.8 Å². The minimum atomic E-state index is -0.572. The van der Waals surface area contributed by atoms with Crippen molar-refractivity contribution in [3.63, 3.8) is 0 Å². The second kappa shape index (κ2) is 11.1. The van der Waals surface area contributed by atoms with Crippen LogP contribution in [-0.4, -0.2) is 25.5 Å². The molecule has 0 aromatic heterocycles. The Balaban J connectivity index is 1.82. The van der Waals surface area contributed by atoms with Crippen molar-refractivity contribution in [3.05, 3.63) is 78.7 Å². The van der Waals surface area contributed by atoms with Gasteiger partial charge < -0.3 is 19.5 Å². The number of ether oxygens (including phenoxy) is 3. The zero-order valence-corrected chi connectivity index (χ0v) is 24.6. The lowest BCUT2D eigenvalue weighted by atomic mass is 9.68. The number of hydrogen-bond donors (Lipinski definition) is 1. The predicted molar refractivity (Wildman–Crippen MR) is 152 cm³/mol. The zero-order valence-electron chi connectivity index (χ0n) is 21.7. The molecule has 0 saturated heterocycles. The van der Waals surface area contributed by atoms with Crippen LogP contribution < -0.4 is 14.8 Å². The van der Waals surface area contributed by atoms with Gasteiger partial charge in [-0.3, -0.25) is 4.79 Å². The third kappa shape index (κ3) is 5.67. The van der Waals surface area contributed by atoms with Gasteiger partial charge in [-0.15, -0.1) is 0 Å². The van der Waals surface area contributed by atoms with Crippen molar-refractivity contribution in [2.24, 2.45) is 5.41 Å². The largest absolute Gasteiger partial charge is 0.490 e. The molecule has 1 heterocycles. The number of carbonyl (C=O) groups excluding carboxylic acids is 2. The highest BCUT2D eigenvalue weighted by molar-refractivity contribution is 14.1. The Hall–Kier alpha value is -2.52. The quantitative estimate of drug-likeness (QED) is 0.270. The van der Waals surface area contributed by atoms with E-state index in [1.807, 2.05) is 50.2 Å². The van der Waals surface area contributed by atoms with E-state index in [0.717, 1.165) is 20.4 Å². The zero-order chi connectivity index (χ0) is 26.9. The molecular weight excluding hydrogens is 605 g/mol. The lowest BCUT2D eigenvalue weighted by Crippen LogP contribution is -2.38. The molecule has 4 rings (SSSR count). The maximum absolute atomic E-state index is 13.5. The summed E-state index contributed by atoms with van der Waals surface area (Å²) in [6, 6.07) is 11.4. The summed E-state index contributed by atoms with van der Waals surface area (Å²) in [6.45, 7) is 8.62. The molecule has 6 nitrogen and oxygen atoms in total. The average molecular weight is 636 g/mol. The lowest BCUT2D eigenvalue weighted by Gasteiger charge is -2.39. The van der Waals surface area contributed by atoms with E-state index in [1.165, 1.54) is 7.11 Å². The molecular formula is C29H31ClINO5. The first kappa shape index (κ1) is 27.5. The SMILES string of the molecule is CCOc1cc(C2C(C(=O)OC)=C(C)NC3=C2C(=O)CC(C)(C)C3)cc(I)c1OCc1ccccc1Cl. The second-order valence-corrected chi connectivity index (χ2v) is 11.6.